The molecule has 2 rings (SSSR count). The molecule has 1 atom stereocenters. The highest BCUT2D eigenvalue weighted by molar-refractivity contribution is 7.11. The predicted octanol–water partition coefficient (Wildman–Crippen LogP) is 4.28. The van der Waals surface area contributed by atoms with Crippen LogP contribution in [0.5, 0.6) is 0 Å². The minimum absolute atomic E-state index is 0.481. The molecule has 1 heterocycles. The fraction of sp³-hybridized carbons (Fsp3) is 0.800. The maximum absolute atomic E-state index is 4.92. The summed E-state index contributed by atoms with van der Waals surface area (Å²) in [5, 5.41) is 4.89. The maximum atomic E-state index is 4.92. The van der Waals surface area contributed by atoms with Crippen molar-refractivity contribution in [2.24, 2.45) is 5.41 Å². The fourth-order valence-electron chi connectivity index (χ4n) is 2.29. The van der Waals surface area contributed by atoms with Gasteiger partial charge in [0.15, 0.2) is 0 Å². The average Bonchev–Trinajstić information content (AvgIpc) is 2.74. The zero-order valence-electron chi connectivity index (χ0n) is 12.5. The first kappa shape index (κ1) is 14.0. The molecular weight excluding hydrogens is 240 g/mol. The van der Waals surface area contributed by atoms with Crippen molar-refractivity contribution < 1.29 is 0 Å². The Labute approximate surface area is 115 Å². The molecule has 1 aliphatic carbocycles. The van der Waals surface area contributed by atoms with Crippen LogP contribution < -0.4 is 5.32 Å². The van der Waals surface area contributed by atoms with Crippen LogP contribution >= 0.6 is 11.3 Å². The molecule has 2 nitrogen and oxygen atoms in total. The van der Waals surface area contributed by atoms with Crippen molar-refractivity contribution in [1.82, 2.24) is 10.3 Å². The second-order valence-corrected chi connectivity index (χ2v) is 7.91. The molecule has 0 saturated heterocycles. The van der Waals surface area contributed by atoms with Gasteiger partial charge in [-0.05, 0) is 17.8 Å². The van der Waals surface area contributed by atoms with Crippen molar-refractivity contribution in [3.8, 4) is 0 Å². The molecule has 1 unspecified atom stereocenters. The molecule has 0 amide bonds. The van der Waals surface area contributed by atoms with E-state index in [0.717, 1.165) is 6.54 Å². The molecule has 1 aromatic heterocycles. The molecule has 18 heavy (non-hydrogen) atoms. The summed E-state index contributed by atoms with van der Waals surface area (Å²) >= 11 is 1.93. The lowest BCUT2D eigenvalue weighted by atomic mass is 10.1. The molecule has 0 aromatic carbocycles. The van der Waals surface area contributed by atoms with E-state index in [4.69, 9.17) is 4.98 Å². The van der Waals surface area contributed by atoms with Crippen molar-refractivity contribution in [1.29, 1.82) is 0 Å². The quantitative estimate of drug-likeness (QED) is 0.860. The summed E-state index contributed by atoms with van der Waals surface area (Å²) in [6.07, 6.45) is 1.30. The third-order valence-corrected chi connectivity index (χ3v) is 4.96. The van der Waals surface area contributed by atoms with Crippen LogP contribution in [0.1, 0.15) is 75.4 Å². The number of hydrogen-bond donors (Lipinski definition) is 1. The minimum atomic E-state index is 0.481. The van der Waals surface area contributed by atoms with Gasteiger partial charge < -0.3 is 5.32 Å². The smallest absolute Gasteiger partial charge is 0.0968 e. The van der Waals surface area contributed by atoms with E-state index in [0.29, 0.717) is 23.3 Å². The van der Waals surface area contributed by atoms with Crippen LogP contribution in [0.25, 0.3) is 0 Å². The van der Waals surface area contributed by atoms with E-state index in [1.165, 1.54) is 22.0 Å². The number of hydrogen-bond acceptors (Lipinski definition) is 3. The van der Waals surface area contributed by atoms with Crippen LogP contribution in [0.2, 0.25) is 0 Å². The van der Waals surface area contributed by atoms with Crippen LogP contribution in [-0.2, 0) is 6.54 Å². The lowest BCUT2D eigenvalue weighted by Gasteiger charge is -2.09. The van der Waals surface area contributed by atoms with Crippen LogP contribution in [0.4, 0.5) is 0 Å². The monoisotopic (exact) mass is 266 g/mol. The number of rotatable bonds is 5. The van der Waals surface area contributed by atoms with Gasteiger partial charge in [-0.15, -0.1) is 11.3 Å². The summed E-state index contributed by atoms with van der Waals surface area (Å²) < 4.78 is 0. The molecule has 1 aliphatic rings. The summed E-state index contributed by atoms with van der Waals surface area (Å²) in [7, 11) is 0. The molecule has 0 aliphatic heterocycles. The molecule has 102 valence electrons. The largest absolute Gasteiger partial charge is 0.310 e. The van der Waals surface area contributed by atoms with Gasteiger partial charge >= 0.3 is 0 Å². The second kappa shape index (κ2) is 4.93. The first-order valence-corrected chi connectivity index (χ1v) is 7.85. The zero-order valence-corrected chi connectivity index (χ0v) is 13.3. The number of nitrogens with zero attached hydrogens (tertiary/aromatic N) is 1. The molecule has 1 fully saturated rings. The van der Waals surface area contributed by atoms with Crippen LogP contribution in [0.3, 0.4) is 0 Å². The molecule has 1 aromatic rings. The van der Waals surface area contributed by atoms with Crippen LogP contribution in [0, 0.1) is 5.41 Å². The Morgan fingerprint density at radius 2 is 1.94 bits per heavy atom. The lowest BCUT2D eigenvalue weighted by Crippen LogP contribution is -2.22. The Morgan fingerprint density at radius 3 is 2.39 bits per heavy atom. The normalized spacial score (nSPS) is 21.9. The Hall–Kier alpha value is -0.410. The van der Waals surface area contributed by atoms with E-state index in [9.17, 15) is 0 Å². The maximum Gasteiger partial charge on any atom is 0.0968 e. The predicted molar refractivity (Wildman–Crippen MR) is 79.3 cm³/mol. The SMILES string of the molecule is CC(C)NCc1sc(C2CC2(C)C)nc1C(C)C. The van der Waals surface area contributed by atoms with Crippen LogP contribution in [0.15, 0.2) is 0 Å². The molecular formula is C15H26N2S. The van der Waals surface area contributed by atoms with E-state index in [2.05, 4.69) is 46.9 Å². The minimum Gasteiger partial charge on any atom is -0.310 e. The van der Waals surface area contributed by atoms with Gasteiger partial charge in [-0.25, -0.2) is 4.98 Å². The summed E-state index contributed by atoms with van der Waals surface area (Å²) in [5.74, 6) is 1.23. The first-order valence-electron chi connectivity index (χ1n) is 7.04. The highest BCUT2D eigenvalue weighted by Crippen LogP contribution is 2.59. The molecule has 1 saturated carbocycles. The summed E-state index contributed by atoms with van der Waals surface area (Å²) in [4.78, 5) is 6.36. The third kappa shape index (κ3) is 2.94. The Morgan fingerprint density at radius 1 is 1.33 bits per heavy atom. The topological polar surface area (TPSA) is 24.9 Å². The first-order chi connectivity index (χ1) is 8.31. The van der Waals surface area contributed by atoms with E-state index in [1.54, 1.807) is 0 Å². The summed E-state index contributed by atoms with van der Waals surface area (Å²) in [6.45, 7) is 14.5. The van der Waals surface area contributed by atoms with Crippen molar-refractivity contribution in [3.05, 3.63) is 15.6 Å². The highest BCUT2D eigenvalue weighted by atomic mass is 32.1. The van der Waals surface area contributed by atoms with Crippen molar-refractivity contribution in [2.45, 2.75) is 72.4 Å². The highest BCUT2D eigenvalue weighted by Gasteiger charge is 2.48. The van der Waals surface area contributed by atoms with Gasteiger partial charge in [0.05, 0.1) is 10.7 Å². The van der Waals surface area contributed by atoms with Crippen molar-refractivity contribution in [3.63, 3.8) is 0 Å². The second-order valence-electron chi connectivity index (χ2n) is 6.80. The summed E-state index contributed by atoms with van der Waals surface area (Å²) in [5.41, 5.74) is 1.79. The Kier molecular flexibility index (Phi) is 3.84. The average molecular weight is 266 g/mol. The molecule has 3 heteroatoms. The van der Waals surface area contributed by atoms with Gasteiger partial charge in [0, 0.05) is 23.4 Å². The number of nitrogens with one attached hydrogen (secondary N) is 1. The van der Waals surface area contributed by atoms with Gasteiger partial charge in [0.2, 0.25) is 0 Å². The summed E-state index contributed by atoms with van der Waals surface area (Å²) in [6, 6.07) is 0.535. The number of aromatic nitrogens is 1. The van der Waals surface area contributed by atoms with Gasteiger partial charge in [0.1, 0.15) is 0 Å². The lowest BCUT2D eigenvalue weighted by molar-refractivity contribution is 0.587. The fourth-order valence-corrected chi connectivity index (χ4v) is 3.78. The molecule has 0 radical (unpaired) electrons. The van der Waals surface area contributed by atoms with Crippen LogP contribution in [-0.4, -0.2) is 11.0 Å². The van der Waals surface area contributed by atoms with Gasteiger partial charge in [-0.1, -0.05) is 41.5 Å². The van der Waals surface area contributed by atoms with Gasteiger partial charge in [-0.3, -0.25) is 0 Å². The zero-order chi connectivity index (χ0) is 13.5. The molecule has 0 spiro atoms. The standard InChI is InChI=1S/C15H26N2S/c1-9(2)13-12(8-16-10(3)4)18-14(17-13)11-7-15(11,5)6/h9-11,16H,7-8H2,1-6H3. The van der Waals surface area contributed by atoms with E-state index < -0.39 is 0 Å². The Bertz CT molecular complexity index is 418. The van der Waals surface area contributed by atoms with Gasteiger partial charge in [-0.2, -0.15) is 0 Å². The third-order valence-electron chi connectivity index (χ3n) is 3.77. The van der Waals surface area contributed by atoms with E-state index in [-0.39, 0.29) is 0 Å². The van der Waals surface area contributed by atoms with E-state index >= 15 is 0 Å². The van der Waals surface area contributed by atoms with Crippen molar-refractivity contribution >= 4 is 11.3 Å². The molecule has 1 N–H and O–H groups in total. The Balaban J connectivity index is 2.17. The van der Waals surface area contributed by atoms with E-state index in [1.807, 2.05) is 11.3 Å². The van der Waals surface area contributed by atoms with Crippen molar-refractivity contribution in [2.75, 3.05) is 0 Å². The van der Waals surface area contributed by atoms with Gasteiger partial charge in [0.25, 0.3) is 0 Å². The number of thiazole rings is 1. The molecule has 0 bridgehead atoms.